The lowest BCUT2D eigenvalue weighted by atomic mass is 9.93. The fraction of sp³-hybridized carbons (Fsp3) is 0.385. The number of benzene rings is 1. The van der Waals surface area contributed by atoms with E-state index in [9.17, 15) is 4.79 Å². The van der Waals surface area contributed by atoms with E-state index >= 15 is 0 Å². The molecule has 32 heavy (non-hydrogen) atoms. The fourth-order valence-corrected chi connectivity index (χ4v) is 3.90. The van der Waals surface area contributed by atoms with Crippen molar-refractivity contribution in [2.45, 2.75) is 45.6 Å². The quantitative estimate of drug-likeness (QED) is 0.626. The molecule has 0 unspecified atom stereocenters. The number of hydrogen-bond donors (Lipinski definition) is 1. The minimum atomic E-state index is 0.0217. The normalized spacial score (nSPS) is 18.7. The van der Waals surface area contributed by atoms with E-state index < -0.39 is 0 Å². The molecule has 0 bridgehead atoms. The summed E-state index contributed by atoms with van der Waals surface area (Å²) in [6, 6.07) is 8.39. The van der Waals surface area contributed by atoms with Gasteiger partial charge in [0.05, 0.1) is 11.1 Å². The molecule has 2 fully saturated rings. The Morgan fingerprint density at radius 3 is 2.78 bits per heavy atom. The molecule has 1 N–H and O–H groups in total. The maximum atomic E-state index is 13.2. The highest BCUT2D eigenvalue weighted by molar-refractivity contribution is 6.07. The molecule has 2 aliphatic rings. The Hall–Kier alpha value is -3.28. The number of carbonyl (C=O) groups excluding carboxylic acids is 1. The zero-order chi connectivity index (χ0) is 22.5. The Labute approximate surface area is 189 Å². The van der Waals surface area contributed by atoms with Crippen LogP contribution in [-0.2, 0) is 9.47 Å². The van der Waals surface area contributed by atoms with Crippen molar-refractivity contribution in [3.63, 3.8) is 0 Å². The van der Waals surface area contributed by atoms with Crippen LogP contribution in [0.2, 0.25) is 0 Å². The van der Waals surface area contributed by atoms with Crippen LogP contribution in [0.15, 0.2) is 54.0 Å². The first-order chi connectivity index (χ1) is 15.6. The first-order valence-corrected chi connectivity index (χ1v) is 11.4. The summed E-state index contributed by atoms with van der Waals surface area (Å²) in [7, 11) is 1.86. The van der Waals surface area contributed by atoms with Gasteiger partial charge in [0.2, 0.25) is 6.79 Å². The highest BCUT2D eigenvalue weighted by Crippen LogP contribution is 2.28. The van der Waals surface area contributed by atoms with E-state index in [1.165, 1.54) is 6.42 Å². The van der Waals surface area contributed by atoms with E-state index in [0.717, 1.165) is 59.6 Å². The molecule has 1 saturated heterocycles. The molecular formula is C26H31N3O3. The molecule has 2 aromatic rings. The van der Waals surface area contributed by atoms with E-state index in [1.54, 1.807) is 4.90 Å². The molecule has 1 aromatic heterocycles. The Kier molecular flexibility index (Phi) is 6.78. The highest BCUT2D eigenvalue weighted by Gasteiger charge is 2.21. The number of nitrogens with one attached hydrogen (secondary N) is 1. The first kappa shape index (κ1) is 21.9. The zero-order valence-corrected chi connectivity index (χ0v) is 19.1. The highest BCUT2D eigenvalue weighted by atomic mass is 16.7. The summed E-state index contributed by atoms with van der Waals surface area (Å²) >= 11 is 0. The summed E-state index contributed by atoms with van der Waals surface area (Å²) in [5.74, 6) is 2.26. The lowest BCUT2D eigenvalue weighted by Crippen LogP contribution is -2.29. The topological polar surface area (TPSA) is 63.7 Å². The van der Waals surface area contributed by atoms with Gasteiger partial charge >= 0.3 is 0 Å². The van der Waals surface area contributed by atoms with Crippen LogP contribution in [0.1, 0.15) is 55.5 Å². The number of anilines is 1. The predicted molar refractivity (Wildman–Crippen MR) is 128 cm³/mol. The van der Waals surface area contributed by atoms with Crippen LogP contribution >= 0.6 is 0 Å². The molecule has 1 aliphatic carbocycles. The molecule has 168 valence electrons. The average Bonchev–Trinajstić information content (AvgIpc) is 3.23. The van der Waals surface area contributed by atoms with Crippen molar-refractivity contribution in [3.05, 3.63) is 65.1 Å². The van der Waals surface area contributed by atoms with Gasteiger partial charge in [0.1, 0.15) is 5.82 Å². The lowest BCUT2D eigenvalue weighted by Gasteiger charge is -2.27. The number of nitrogens with zero attached hydrogens (tertiary/aromatic N) is 2. The third kappa shape index (κ3) is 4.79. The minimum absolute atomic E-state index is 0.0217. The van der Waals surface area contributed by atoms with Crippen molar-refractivity contribution in [2.24, 2.45) is 0 Å². The molecule has 4 rings (SSSR count). The summed E-state index contributed by atoms with van der Waals surface area (Å²) in [6.45, 7) is 4.96. The Bertz CT molecular complexity index is 1080. The standard InChI is InChI=1S/C26H31N3O3/c1-4-14-29(3)26(30)21-16-25(27-19-9-7-10-19)28-22-13-12-18(15-20(21)22)8-6-11-24-23(5-2)31-17-32-24/h5-6,8,11-13,15-16,19H,4,7,9-10,14,17H2,1-3H3,(H,27,28)/b8-6+,23-5+,24-11+. The first-order valence-electron chi connectivity index (χ1n) is 11.4. The van der Waals surface area contributed by atoms with Crippen molar-refractivity contribution in [2.75, 3.05) is 25.7 Å². The number of carbonyl (C=O) groups is 1. The molecule has 0 spiro atoms. The fourth-order valence-electron chi connectivity index (χ4n) is 3.90. The lowest BCUT2D eigenvalue weighted by molar-refractivity contribution is 0.0797. The van der Waals surface area contributed by atoms with Crippen molar-refractivity contribution in [3.8, 4) is 0 Å². The molecule has 0 radical (unpaired) electrons. The Balaban J connectivity index is 1.67. The number of aromatic nitrogens is 1. The average molecular weight is 434 g/mol. The second-order valence-electron chi connectivity index (χ2n) is 8.28. The van der Waals surface area contributed by atoms with Crippen molar-refractivity contribution >= 4 is 28.7 Å². The van der Waals surface area contributed by atoms with Crippen LogP contribution in [0.4, 0.5) is 5.82 Å². The van der Waals surface area contributed by atoms with Crippen LogP contribution in [-0.4, -0.2) is 42.2 Å². The predicted octanol–water partition coefficient (Wildman–Crippen LogP) is 5.49. The maximum absolute atomic E-state index is 13.2. The summed E-state index contributed by atoms with van der Waals surface area (Å²) in [5, 5.41) is 4.35. The van der Waals surface area contributed by atoms with Gasteiger partial charge in [-0.05, 0) is 68.5 Å². The summed E-state index contributed by atoms with van der Waals surface area (Å²) in [5.41, 5.74) is 2.50. The molecule has 1 amide bonds. The van der Waals surface area contributed by atoms with Gasteiger partial charge in [-0.3, -0.25) is 4.79 Å². The molecule has 6 heteroatoms. The monoisotopic (exact) mass is 433 g/mol. The van der Waals surface area contributed by atoms with Crippen molar-refractivity contribution in [1.82, 2.24) is 9.88 Å². The zero-order valence-electron chi connectivity index (χ0n) is 19.1. The van der Waals surface area contributed by atoms with Gasteiger partial charge in [-0.15, -0.1) is 0 Å². The number of fused-ring (bicyclic) bond motifs is 1. The molecule has 1 aliphatic heterocycles. The summed E-state index contributed by atoms with van der Waals surface area (Å²) in [6.07, 6.45) is 12.2. The van der Waals surface area contributed by atoms with Gasteiger partial charge in [0, 0.05) is 25.0 Å². The Morgan fingerprint density at radius 2 is 2.06 bits per heavy atom. The molecule has 0 atom stereocenters. The van der Waals surface area contributed by atoms with Gasteiger partial charge in [-0.2, -0.15) is 0 Å². The number of allylic oxidation sites excluding steroid dienone is 3. The summed E-state index contributed by atoms with van der Waals surface area (Å²) < 4.78 is 10.9. The number of pyridine rings is 1. The van der Waals surface area contributed by atoms with Gasteiger partial charge in [-0.25, -0.2) is 4.98 Å². The second-order valence-corrected chi connectivity index (χ2v) is 8.28. The van der Waals surface area contributed by atoms with Gasteiger partial charge in [0.25, 0.3) is 5.91 Å². The number of rotatable bonds is 7. The minimum Gasteiger partial charge on any atom is -0.454 e. The number of hydrogen-bond acceptors (Lipinski definition) is 5. The van der Waals surface area contributed by atoms with Gasteiger partial charge in [-0.1, -0.05) is 25.1 Å². The van der Waals surface area contributed by atoms with E-state index in [1.807, 2.05) is 62.5 Å². The molecule has 1 aromatic carbocycles. The van der Waals surface area contributed by atoms with Crippen LogP contribution in [0, 0.1) is 0 Å². The van der Waals surface area contributed by atoms with Crippen LogP contribution in [0.5, 0.6) is 0 Å². The van der Waals surface area contributed by atoms with E-state index in [-0.39, 0.29) is 12.7 Å². The SMILES string of the molecule is C/C=C1/OCO/C1=C/C=C/c1ccc2nc(NC3CCC3)cc(C(=O)N(C)CCC)c2c1. The van der Waals surface area contributed by atoms with Crippen LogP contribution < -0.4 is 5.32 Å². The molecule has 6 nitrogen and oxygen atoms in total. The molecular weight excluding hydrogens is 402 g/mol. The van der Waals surface area contributed by atoms with Crippen LogP contribution in [0.3, 0.4) is 0 Å². The largest absolute Gasteiger partial charge is 0.454 e. The smallest absolute Gasteiger partial charge is 0.254 e. The molecule has 2 heterocycles. The maximum Gasteiger partial charge on any atom is 0.254 e. The third-order valence-corrected chi connectivity index (χ3v) is 5.90. The molecule has 1 saturated carbocycles. The van der Waals surface area contributed by atoms with Gasteiger partial charge in [0.15, 0.2) is 11.5 Å². The van der Waals surface area contributed by atoms with Gasteiger partial charge < -0.3 is 19.7 Å². The van der Waals surface area contributed by atoms with E-state index in [0.29, 0.717) is 11.6 Å². The number of amides is 1. The Morgan fingerprint density at radius 1 is 1.25 bits per heavy atom. The second kappa shape index (κ2) is 9.90. The number of ether oxygens (including phenoxy) is 2. The van der Waals surface area contributed by atoms with Crippen LogP contribution in [0.25, 0.3) is 17.0 Å². The third-order valence-electron chi connectivity index (χ3n) is 5.90. The van der Waals surface area contributed by atoms with Crippen molar-refractivity contribution in [1.29, 1.82) is 0 Å². The summed E-state index contributed by atoms with van der Waals surface area (Å²) in [4.78, 5) is 19.8. The van der Waals surface area contributed by atoms with E-state index in [2.05, 4.69) is 12.2 Å². The van der Waals surface area contributed by atoms with E-state index in [4.69, 9.17) is 14.5 Å². The van der Waals surface area contributed by atoms with Crippen molar-refractivity contribution < 1.29 is 14.3 Å².